The van der Waals surface area contributed by atoms with Crippen molar-refractivity contribution in [1.82, 2.24) is 9.80 Å². The third-order valence-electron chi connectivity index (χ3n) is 8.89. The summed E-state index contributed by atoms with van der Waals surface area (Å²) in [5.41, 5.74) is 1.69. The third kappa shape index (κ3) is 3.85. The molecule has 1 saturated carbocycles. The summed E-state index contributed by atoms with van der Waals surface area (Å²) in [6.07, 6.45) is 1.98. The van der Waals surface area contributed by atoms with Gasteiger partial charge in [-0.3, -0.25) is 29.0 Å². The number of phenolic OH excluding ortho intramolecular Hbond substituents is 1. The summed E-state index contributed by atoms with van der Waals surface area (Å²) in [6.45, 7) is 0.127. The number of hydrogen-bond acceptors (Lipinski definition) is 6. The number of halogens is 4. The number of imide groups is 2. The van der Waals surface area contributed by atoms with Gasteiger partial charge in [0.2, 0.25) is 11.8 Å². The Kier molecular flexibility index (Phi) is 6.96. The van der Waals surface area contributed by atoms with Crippen molar-refractivity contribution in [2.75, 3.05) is 12.6 Å². The van der Waals surface area contributed by atoms with Crippen LogP contribution in [-0.4, -0.2) is 60.8 Å². The molecule has 41 heavy (non-hydrogen) atoms. The standard InChI is InChI=1S/C29H24BrCl3N2O6/c1-41-20-10-15(9-19(31)23(20)36)22-16-7-8-17-21(25(38)34(24(17)37)12-14-5-3-2-4-6-14)18(16)11-28(32)26(39)35(13-30)27(40)29(22,28)33/h2-7,9-10,17-18,21-22,36H,8,11-13H2,1H3. The van der Waals surface area contributed by atoms with Crippen LogP contribution in [0.5, 0.6) is 11.5 Å². The number of allylic oxidation sites excluding steroid dienone is 2. The molecule has 8 nitrogen and oxygen atoms in total. The summed E-state index contributed by atoms with van der Waals surface area (Å²) in [5.74, 6) is -5.37. The highest BCUT2D eigenvalue weighted by Gasteiger charge is 2.76. The summed E-state index contributed by atoms with van der Waals surface area (Å²) >= 11 is 24.0. The fourth-order valence-corrected chi connectivity index (χ4v) is 8.67. The lowest BCUT2D eigenvalue weighted by atomic mass is 9.56. The highest BCUT2D eigenvalue weighted by atomic mass is 79.9. The summed E-state index contributed by atoms with van der Waals surface area (Å²) in [4.78, 5) is 53.4. The molecule has 3 fully saturated rings. The number of fused-ring (bicyclic) bond motifs is 4. The second-order valence-electron chi connectivity index (χ2n) is 10.8. The number of ether oxygens (including phenoxy) is 1. The third-order valence-corrected chi connectivity index (χ3v) is 11.1. The minimum Gasteiger partial charge on any atom is -0.503 e. The quantitative estimate of drug-likeness (QED) is 0.207. The van der Waals surface area contributed by atoms with E-state index in [4.69, 9.17) is 39.5 Å². The van der Waals surface area contributed by atoms with Gasteiger partial charge in [-0.25, -0.2) is 0 Å². The molecule has 2 heterocycles. The van der Waals surface area contributed by atoms with Crippen molar-refractivity contribution >= 4 is 74.4 Å². The summed E-state index contributed by atoms with van der Waals surface area (Å²) in [6, 6.07) is 12.2. The number of carbonyl (C=O) groups is 4. The van der Waals surface area contributed by atoms with Crippen molar-refractivity contribution in [3.63, 3.8) is 0 Å². The Hall–Kier alpha value is -2.59. The van der Waals surface area contributed by atoms with Gasteiger partial charge in [0.25, 0.3) is 11.8 Å². The molecule has 6 atom stereocenters. The zero-order valence-corrected chi connectivity index (χ0v) is 25.5. The van der Waals surface area contributed by atoms with Crippen molar-refractivity contribution in [2.45, 2.75) is 35.1 Å². The van der Waals surface area contributed by atoms with Crippen LogP contribution < -0.4 is 4.74 Å². The van der Waals surface area contributed by atoms with Crippen LogP contribution in [0.25, 0.3) is 0 Å². The second kappa shape index (κ2) is 10.0. The molecule has 12 heteroatoms. The maximum atomic E-state index is 14.0. The number of carbonyl (C=O) groups excluding carboxylic acids is 4. The first kappa shape index (κ1) is 28.5. The number of phenols is 1. The summed E-state index contributed by atoms with van der Waals surface area (Å²) < 4.78 is 5.32. The number of rotatable bonds is 5. The monoisotopic (exact) mass is 680 g/mol. The minimum atomic E-state index is -1.98. The number of hydrogen-bond donors (Lipinski definition) is 1. The van der Waals surface area contributed by atoms with Crippen LogP contribution in [0, 0.1) is 17.8 Å². The first-order chi connectivity index (χ1) is 19.5. The van der Waals surface area contributed by atoms with Gasteiger partial charge in [-0.2, -0.15) is 0 Å². The van der Waals surface area contributed by atoms with Crippen LogP contribution in [-0.2, 0) is 25.7 Å². The normalized spacial score (nSPS) is 32.6. The number of alkyl halides is 3. The van der Waals surface area contributed by atoms with Crippen LogP contribution in [0.15, 0.2) is 54.1 Å². The largest absolute Gasteiger partial charge is 0.503 e. The molecule has 2 saturated heterocycles. The zero-order chi connectivity index (χ0) is 29.4. The minimum absolute atomic E-state index is 0.0413. The predicted octanol–water partition coefficient (Wildman–Crippen LogP) is 4.97. The van der Waals surface area contributed by atoms with E-state index in [1.165, 1.54) is 24.1 Å². The molecule has 0 radical (unpaired) electrons. The van der Waals surface area contributed by atoms with Gasteiger partial charge in [0, 0.05) is 5.92 Å². The molecule has 4 aliphatic rings. The molecular weight excluding hydrogens is 659 g/mol. The topological polar surface area (TPSA) is 104 Å². The highest BCUT2D eigenvalue weighted by Crippen LogP contribution is 2.66. The lowest BCUT2D eigenvalue weighted by Crippen LogP contribution is -2.60. The first-order valence-corrected chi connectivity index (χ1v) is 15.2. The Labute approximate surface area is 259 Å². The van der Waals surface area contributed by atoms with Crippen LogP contribution >= 0.6 is 50.7 Å². The number of amides is 4. The van der Waals surface area contributed by atoms with E-state index in [1.807, 2.05) is 36.4 Å². The van der Waals surface area contributed by atoms with Crippen LogP contribution in [0.1, 0.15) is 29.9 Å². The number of nitrogens with zero attached hydrogens (tertiary/aromatic N) is 2. The van der Waals surface area contributed by atoms with Gasteiger partial charge >= 0.3 is 0 Å². The SMILES string of the molecule is COc1cc(C2C3=CCC4C(=O)N(Cc5ccccc5)C(=O)C4C3CC3(Cl)C(=O)N(CBr)C(=O)C23Cl)cc(Cl)c1O. The number of likely N-dealkylation sites (tertiary alicyclic amines) is 2. The van der Waals surface area contributed by atoms with Gasteiger partial charge in [0.05, 0.1) is 36.0 Å². The van der Waals surface area contributed by atoms with E-state index in [-0.39, 0.29) is 53.2 Å². The lowest BCUT2D eigenvalue weighted by Gasteiger charge is -2.50. The van der Waals surface area contributed by atoms with E-state index in [0.717, 1.165) is 10.5 Å². The number of benzene rings is 2. The molecule has 6 unspecified atom stereocenters. The Morgan fingerprint density at radius 1 is 1.02 bits per heavy atom. The molecule has 2 aromatic rings. The Morgan fingerprint density at radius 3 is 2.39 bits per heavy atom. The molecule has 2 aliphatic heterocycles. The highest BCUT2D eigenvalue weighted by molar-refractivity contribution is 9.09. The van der Waals surface area contributed by atoms with Crippen molar-refractivity contribution in [1.29, 1.82) is 0 Å². The van der Waals surface area contributed by atoms with Crippen molar-refractivity contribution < 1.29 is 29.0 Å². The lowest BCUT2D eigenvalue weighted by molar-refractivity contribution is -0.141. The van der Waals surface area contributed by atoms with E-state index >= 15 is 0 Å². The average molecular weight is 683 g/mol. The second-order valence-corrected chi connectivity index (χ2v) is 12.9. The van der Waals surface area contributed by atoms with Gasteiger partial charge in [0.15, 0.2) is 21.2 Å². The van der Waals surface area contributed by atoms with Gasteiger partial charge in [-0.15, -0.1) is 23.2 Å². The molecule has 4 amide bonds. The molecule has 2 aliphatic carbocycles. The molecule has 2 aromatic carbocycles. The number of methoxy groups -OCH3 is 1. The first-order valence-electron chi connectivity index (χ1n) is 12.9. The fourth-order valence-electron chi connectivity index (χ4n) is 7.03. The molecule has 214 valence electrons. The van der Waals surface area contributed by atoms with E-state index in [0.29, 0.717) is 11.1 Å². The van der Waals surface area contributed by atoms with Gasteiger partial charge in [-0.1, -0.05) is 69.5 Å². The van der Waals surface area contributed by atoms with Crippen molar-refractivity contribution in [2.24, 2.45) is 17.8 Å². The smallest absolute Gasteiger partial charge is 0.254 e. The molecular formula is C29H24BrCl3N2O6. The van der Waals surface area contributed by atoms with E-state index in [2.05, 4.69) is 15.9 Å². The Balaban J connectivity index is 1.51. The fraction of sp³-hybridized carbons (Fsp3) is 0.379. The van der Waals surface area contributed by atoms with Gasteiger partial charge in [-0.05, 0) is 42.0 Å². The van der Waals surface area contributed by atoms with E-state index in [9.17, 15) is 24.3 Å². The summed E-state index contributed by atoms with van der Waals surface area (Å²) in [7, 11) is 1.35. The molecule has 1 N–H and O–H groups in total. The number of aromatic hydroxyl groups is 1. The van der Waals surface area contributed by atoms with Crippen LogP contribution in [0.4, 0.5) is 0 Å². The predicted molar refractivity (Wildman–Crippen MR) is 155 cm³/mol. The van der Waals surface area contributed by atoms with Crippen LogP contribution in [0.3, 0.4) is 0 Å². The van der Waals surface area contributed by atoms with Gasteiger partial charge < -0.3 is 9.84 Å². The van der Waals surface area contributed by atoms with Gasteiger partial charge in [0.1, 0.15) is 0 Å². The molecule has 0 bridgehead atoms. The maximum absolute atomic E-state index is 14.0. The van der Waals surface area contributed by atoms with Crippen LogP contribution in [0.2, 0.25) is 5.02 Å². The molecule has 6 rings (SSSR count). The van der Waals surface area contributed by atoms with E-state index < -0.39 is 45.2 Å². The Bertz CT molecular complexity index is 1540. The molecule has 0 spiro atoms. The van der Waals surface area contributed by atoms with Crippen molar-refractivity contribution in [3.8, 4) is 11.5 Å². The van der Waals surface area contributed by atoms with Crippen molar-refractivity contribution in [3.05, 3.63) is 70.3 Å². The average Bonchev–Trinajstić information content (AvgIpc) is 3.28. The molecule has 0 aromatic heterocycles. The maximum Gasteiger partial charge on any atom is 0.254 e. The summed E-state index contributed by atoms with van der Waals surface area (Å²) in [5, 5.41) is 10.4. The van der Waals surface area contributed by atoms with E-state index in [1.54, 1.807) is 0 Å². The Morgan fingerprint density at radius 2 is 1.73 bits per heavy atom. The zero-order valence-electron chi connectivity index (χ0n) is 21.7.